The summed E-state index contributed by atoms with van der Waals surface area (Å²) in [6.07, 6.45) is 0.213. The van der Waals surface area contributed by atoms with Crippen molar-refractivity contribution >= 4 is 34.3 Å². The van der Waals surface area contributed by atoms with Crippen molar-refractivity contribution in [2.45, 2.75) is 19.4 Å². The molecule has 1 N–H and O–H groups in total. The minimum absolute atomic E-state index is 0.0258. The first-order chi connectivity index (χ1) is 19.0. The van der Waals surface area contributed by atoms with E-state index in [2.05, 4.69) is 63.7 Å². The van der Waals surface area contributed by atoms with E-state index >= 15 is 0 Å². The first-order valence-electron chi connectivity index (χ1n) is 13.4. The molecule has 9 nitrogen and oxygen atoms in total. The summed E-state index contributed by atoms with van der Waals surface area (Å²) in [5.41, 5.74) is 3.16. The predicted octanol–water partition coefficient (Wildman–Crippen LogP) is 3.32. The molecule has 0 spiro atoms. The molecule has 204 valence electrons. The number of benzene rings is 2. The molecule has 2 aromatic carbocycles. The van der Waals surface area contributed by atoms with Gasteiger partial charge < -0.3 is 14.7 Å². The van der Waals surface area contributed by atoms with Gasteiger partial charge in [-0.3, -0.25) is 19.8 Å². The molecule has 1 aromatic heterocycles. The Labute approximate surface area is 233 Å². The van der Waals surface area contributed by atoms with E-state index in [9.17, 15) is 14.4 Å². The average Bonchev–Trinajstić information content (AvgIpc) is 3.41. The monoisotopic (exact) mass is 546 g/mol. The van der Waals surface area contributed by atoms with Gasteiger partial charge in [-0.1, -0.05) is 60.7 Å². The topological polar surface area (TPSA) is 89.1 Å². The predicted molar refractivity (Wildman–Crippen MR) is 152 cm³/mol. The van der Waals surface area contributed by atoms with E-state index in [0.717, 1.165) is 13.1 Å². The minimum atomic E-state index is -0.229. The second kappa shape index (κ2) is 12.4. The average molecular weight is 547 g/mol. The van der Waals surface area contributed by atoms with Gasteiger partial charge in [-0.25, -0.2) is 9.78 Å². The Bertz CT molecular complexity index is 1230. The fraction of sp³-hybridized carbons (Fsp3) is 0.379. The highest BCUT2D eigenvalue weighted by atomic mass is 32.1. The van der Waals surface area contributed by atoms with Crippen LogP contribution in [0.5, 0.6) is 0 Å². The van der Waals surface area contributed by atoms with Crippen LogP contribution >= 0.6 is 11.3 Å². The quantitative estimate of drug-likeness (QED) is 0.513. The number of hydrogen-bond acceptors (Lipinski definition) is 6. The second-order valence-electron chi connectivity index (χ2n) is 9.88. The summed E-state index contributed by atoms with van der Waals surface area (Å²) in [6.45, 7) is 6.48. The Kier molecular flexibility index (Phi) is 8.53. The molecule has 10 heteroatoms. The van der Waals surface area contributed by atoms with Crippen molar-refractivity contribution in [1.82, 2.24) is 24.6 Å². The highest BCUT2D eigenvalue weighted by molar-refractivity contribution is 7.13. The molecule has 2 aliphatic rings. The number of nitrogens with one attached hydrogen (secondary N) is 1. The zero-order valence-electron chi connectivity index (χ0n) is 22.2. The van der Waals surface area contributed by atoms with E-state index in [1.54, 1.807) is 16.7 Å². The van der Waals surface area contributed by atoms with Gasteiger partial charge in [0.1, 0.15) is 0 Å². The molecule has 0 atom stereocenters. The van der Waals surface area contributed by atoms with E-state index in [-0.39, 0.29) is 30.3 Å². The molecule has 39 heavy (non-hydrogen) atoms. The Morgan fingerprint density at radius 3 is 1.90 bits per heavy atom. The van der Waals surface area contributed by atoms with Crippen LogP contribution in [-0.4, -0.2) is 94.8 Å². The third-order valence-corrected chi connectivity index (χ3v) is 8.18. The lowest BCUT2D eigenvalue weighted by Crippen LogP contribution is -2.51. The summed E-state index contributed by atoms with van der Waals surface area (Å²) < 4.78 is 0. The van der Waals surface area contributed by atoms with Gasteiger partial charge in [0.25, 0.3) is 0 Å². The summed E-state index contributed by atoms with van der Waals surface area (Å²) in [5.74, 6) is 0.0760. The van der Waals surface area contributed by atoms with Gasteiger partial charge >= 0.3 is 6.03 Å². The van der Waals surface area contributed by atoms with E-state index in [1.807, 2.05) is 22.4 Å². The Morgan fingerprint density at radius 1 is 0.795 bits per heavy atom. The van der Waals surface area contributed by atoms with Gasteiger partial charge in [0.15, 0.2) is 5.13 Å². The van der Waals surface area contributed by atoms with Crippen LogP contribution in [0.4, 0.5) is 9.93 Å². The zero-order chi connectivity index (χ0) is 27.2. The van der Waals surface area contributed by atoms with Crippen LogP contribution in [0.15, 0.2) is 66.0 Å². The number of anilines is 1. The molecule has 4 amide bonds. The molecular weight excluding hydrogens is 512 g/mol. The maximum Gasteiger partial charge on any atom is 0.323 e. The van der Waals surface area contributed by atoms with E-state index in [1.165, 1.54) is 22.5 Å². The van der Waals surface area contributed by atoms with Crippen LogP contribution in [0.3, 0.4) is 0 Å². The first kappa shape index (κ1) is 26.8. The molecule has 0 unspecified atom stereocenters. The van der Waals surface area contributed by atoms with Crippen LogP contribution in [0.1, 0.15) is 29.8 Å². The van der Waals surface area contributed by atoms with Gasteiger partial charge in [-0.15, -0.1) is 11.3 Å². The highest BCUT2D eigenvalue weighted by Gasteiger charge is 2.28. The molecule has 3 aromatic rings. The van der Waals surface area contributed by atoms with Crippen LogP contribution in [-0.2, 0) is 16.0 Å². The fourth-order valence-corrected chi connectivity index (χ4v) is 5.92. The molecule has 3 heterocycles. The summed E-state index contributed by atoms with van der Waals surface area (Å²) >= 11 is 1.32. The van der Waals surface area contributed by atoms with Crippen molar-refractivity contribution in [3.05, 3.63) is 82.9 Å². The smallest absolute Gasteiger partial charge is 0.323 e. The molecule has 2 fully saturated rings. The normalized spacial score (nSPS) is 16.4. The maximum absolute atomic E-state index is 13.1. The van der Waals surface area contributed by atoms with Crippen LogP contribution in [0, 0.1) is 0 Å². The third kappa shape index (κ3) is 6.63. The molecule has 0 saturated carbocycles. The van der Waals surface area contributed by atoms with Crippen molar-refractivity contribution in [1.29, 1.82) is 0 Å². The van der Waals surface area contributed by atoms with Crippen molar-refractivity contribution in [2.75, 3.05) is 57.7 Å². The van der Waals surface area contributed by atoms with Gasteiger partial charge in [0.05, 0.1) is 18.2 Å². The van der Waals surface area contributed by atoms with Crippen LogP contribution in [0.25, 0.3) is 0 Å². The number of piperazine rings is 2. The number of hydrogen-bond donors (Lipinski definition) is 1. The summed E-state index contributed by atoms with van der Waals surface area (Å²) in [7, 11) is 0. The van der Waals surface area contributed by atoms with Crippen molar-refractivity contribution in [3.63, 3.8) is 0 Å². The van der Waals surface area contributed by atoms with E-state index in [0.29, 0.717) is 50.1 Å². The Hall–Kier alpha value is -3.76. The second-order valence-corrected chi connectivity index (χ2v) is 10.7. The molecule has 5 rings (SSSR count). The summed E-state index contributed by atoms with van der Waals surface area (Å²) in [5, 5.41) is 5.15. The minimum Gasteiger partial charge on any atom is -0.340 e. The molecule has 0 radical (unpaired) electrons. The van der Waals surface area contributed by atoms with Gasteiger partial charge in [-0.2, -0.15) is 0 Å². The summed E-state index contributed by atoms with van der Waals surface area (Å²) in [6, 6.07) is 21.0. The molecule has 2 aliphatic heterocycles. The van der Waals surface area contributed by atoms with Gasteiger partial charge in [-0.05, 0) is 11.1 Å². The third-order valence-electron chi connectivity index (χ3n) is 7.37. The summed E-state index contributed by atoms with van der Waals surface area (Å²) in [4.78, 5) is 49.5. The Balaban J connectivity index is 1.13. The molecule has 2 saturated heterocycles. The Morgan fingerprint density at radius 2 is 1.33 bits per heavy atom. The largest absolute Gasteiger partial charge is 0.340 e. The lowest BCUT2D eigenvalue weighted by molar-refractivity contribution is -0.132. The molecule has 0 bridgehead atoms. The highest BCUT2D eigenvalue weighted by Crippen LogP contribution is 2.29. The lowest BCUT2D eigenvalue weighted by Gasteiger charge is -2.39. The van der Waals surface area contributed by atoms with Gasteiger partial charge in [0.2, 0.25) is 11.8 Å². The first-order valence-corrected chi connectivity index (χ1v) is 14.2. The molecular formula is C29H34N6O3S. The maximum atomic E-state index is 13.1. The zero-order valence-corrected chi connectivity index (χ0v) is 23.0. The SMILES string of the molecule is CC(=O)N1CCN(C(=O)Nc2nc(CC(=O)N3CCN(C(c4ccccc4)c4ccccc4)CC3)cs2)CC1. The van der Waals surface area contributed by atoms with Crippen molar-refractivity contribution in [3.8, 4) is 0 Å². The number of carbonyl (C=O) groups excluding carboxylic acids is 3. The van der Waals surface area contributed by atoms with E-state index < -0.39 is 0 Å². The number of carbonyl (C=O) groups is 3. The number of amides is 4. The van der Waals surface area contributed by atoms with Gasteiger partial charge in [0, 0.05) is 64.7 Å². The number of rotatable bonds is 6. The standard InChI is InChI=1S/C29H34N6O3S/c1-22(36)32-12-18-35(19-13-32)29(38)31-28-30-25(21-39-28)20-26(37)33-14-16-34(17-15-33)27(23-8-4-2-5-9-23)24-10-6-3-7-11-24/h2-11,21,27H,12-20H2,1H3,(H,30,31,38). The lowest BCUT2D eigenvalue weighted by atomic mass is 9.96. The van der Waals surface area contributed by atoms with Crippen LogP contribution in [0.2, 0.25) is 0 Å². The fourth-order valence-electron chi connectivity index (χ4n) is 5.22. The number of nitrogens with zero attached hydrogens (tertiary/aromatic N) is 5. The number of aromatic nitrogens is 1. The van der Waals surface area contributed by atoms with Crippen molar-refractivity contribution < 1.29 is 14.4 Å². The number of thiazole rings is 1. The molecule has 0 aliphatic carbocycles. The van der Waals surface area contributed by atoms with E-state index in [4.69, 9.17) is 0 Å². The number of urea groups is 1. The van der Waals surface area contributed by atoms with Crippen LogP contribution < -0.4 is 5.32 Å². The van der Waals surface area contributed by atoms with Crippen molar-refractivity contribution in [2.24, 2.45) is 0 Å².